The molecule has 0 aliphatic rings. The molecule has 0 aliphatic heterocycles. The fourth-order valence-corrected chi connectivity index (χ4v) is 4.68. The van der Waals surface area contributed by atoms with E-state index in [4.69, 9.17) is 10.5 Å². The maximum Gasteiger partial charge on any atom is 0.281 e. The van der Waals surface area contributed by atoms with Crippen molar-refractivity contribution in [3.05, 3.63) is 94.8 Å². The number of amides is 1. The third-order valence-corrected chi connectivity index (χ3v) is 6.51. The molecule has 0 bridgehead atoms. The Morgan fingerprint density at radius 3 is 2.31 bits per heavy atom. The van der Waals surface area contributed by atoms with Crippen LogP contribution in [0.2, 0.25) is 0 Å². The number of hydrogen-bond acceptors (Lipinski definition) is 7. The summed E-state index contributed by atoms with van der Waals surface area (Å²) < 4.78 is 47.4. The van der Waals surface area contributed by atoms with E-state index in [0.29, 0.717) is 17.0 Å². The number of rotatable bonds is 6. The number of nitrogens with one attached hydrogen (secondary N) is 1. The van der Waals surface area contributed by atoms with Crippen molar-refractivity contribution in [2.45, 2.75) is 25.8 Å². The van der Waals surface area contributed by atoms with Crippen molar-refractivity contribution >= 4 is 21.7 Å². The lowest BCUT2D eigenvalue weighted by molar-refractivity contribution is 0.0978. The van der Waals surface area contributed by atoms with Crippen LogP contribution in [-0.4, -0.2) is 24.3 Å². The van der Waals surface area contributed by atoms with Gasteiger partial charge in [-0.15, -0.1) is 0 Å². The Morgan fingerprint density at radius 2 is 1.64 bits per heavy atom. The molecule has 3 N–H and O–H groups in total. The normalized spacial score (nSPS) is 11.2. The quantitative estimate of drug-likeness (QED) is 0.388. The Hall–Kier alpha value is -4.31. The van der Waals surface area contributed by atoms with Gasteiger partial charge in [-0.3, -0.25) is 4.79 Å². The molecule has 0 atom stereocenters. The third-order valence-electron chi connectivity index (χ3n) is 5.28. The van der Waals surface area contributed by atoms with Crippen LogP contribution in [0.15, 0.2) is 71.8 Å². The topological polar surface area (TPSA) is 124 Å². The molecule has 2 aromatic carbocycles. The molecule has 1 amide bonds. The summed E-state index contributed by atoms with van der Waals surface area (Å²) in [4.78, 5) is 21.3. The van der Waals surface area contributed by atoms with Crippen LogP contribution in [0.25, 0.3) is 11.3 Å². The first kappa shape index (κ1) is 24.8. The van der Waals surface area contributed by atoms with Crippen LogP contribution in [0, 0.1) is 26.6 Å². The summed E-state index contributed by atoms with van der Waals surface area (Å²) >= 11 is 0. The lowest BCUT2D eigenvalue weighted by Gasteiger charge is -2.16. The largest absolute Gasteiger partial charge is 0.438 e. The van der Waals surface area contributed by atoms with E-state index in [1.54, 1.807) is 6.07 Å². The SMILES string of the molecule is Cc1cc(C)c(Oc2nc(-c3cccc(F)c3)ccc2C(=O)NS(=O)(=O)c2cccc(N)n2)c(C)c1. The van der Waals surface area contributed by atoms with Gasteiger partial charge in [-0.1, -0.05) is 35.9 Å². The van der Waals surface area contributed by atoms with Gasteiger partial charge < -0.3 is 10.5 Å². The smallest absolute Gasteiger partial charge is 0.281 e. The van der Waals surface area contributed by atoms with Gasteiger partial charge >= 0.3 is 0 Å². The van der Waals surface area contributed by atoms with E-state index in [2.05, 4.69) is 9.97 Å². The lowest BCUT2D eigenvalue weighted by Crippen LogP contribution is -2.31. The predicted molar refractivity (Wildman–Crippen MR) is 134 cm³/mol. The summed E-state index contributed by atoms with van der Waals surface area (Å²) in [5.74, 6) is -1.11. The highest BCUT2D eigenvalue weighted by Gasteiger charge is 2.25. The van der Waals surface area contributed by atoms with Gasteiger partial charge in [0.05, 0.1) is 5.69 Å². The van der Waals surface area contributed by atoms with Crippen LogP contribution in [0.5, 0.6) is 11.6 Å². The van der Waals surface area contributed by atoms with E-state index in [9.17, 15) is 17.6 Å². The van der Waals surface area contributed by atoms with Crippen molar-refractivity contribution < 1.29 is 22.3 Å². The van der Waals surface area contributed by atoms with Crippen molar-refractivity contribution in [3.63, 3.8) is 0 Å². The van der Waals surface area contributed by atoms with E-state index in [-0.39, 0.29) is 17.3 Å². The number of aromatic nitrogens is 2. The summed E-state index contributed by atoms with van der Waals surface area (Å²) in [7, 11) is -4.33. The van der Waals surface area contributed by atoms with E-state index in [0.717, 1.165) is 16.7 Å². The number of nitrogen functional groups attached to an aromatic ring is 1. The van der Waals surface area contributed by atoms with Gasteiger partial charge in [-0.2, -0.15) is 8.42 Å². The summed E-state index contributed by atoms with van der Waals surface area (Å²) in [6.45, 7) is 5.64. The Labute approximate surface area is 208 Å². The lowest BCUT2D eigenvalue weighted by atomic mass is 10.1. The van der Waals surface area contributed by atoms with E-state index in [1.807, 2.05) is 37.6 Å². The number of anilines is 1. The maximum absolute atomic E-state index is 13.8. The Kier molecular flexibility index (Phi) is 6.71. The van der Waals surface area contributed by atoms with Crippen LogP contribution in [-0.2, 0) is 10.0 Å². The predicted octanol–water partition coefficient (Wildman–Crippen LogP) is 4.70. The third kappa shape index (κ3) is 5.33. The minimum atomic E-state index is -4.33. The van der Waals surface area contributed by atoms with Gasteiger partial charge in [-0.25, -0.2) is 19.1 Å². The summed E-state index contributed by atoms with van der Waals surface area (Å²) in [6, 6.07) is 16.5. The standard InChI is InChI=1S/C26H23FN4O4S/c1-15-12-16(2)24(17(3)13-15)35-26-20(10-11-21(29-26)18-6-4-7-19(27)14-18)25(32)31-36(33,34)23-9-5-8-22(28)30-23/h4-14H,1-3H3,(H2,28,30)(H,31,32). The molecule has 4 aromatic rings. The molecule has 36 heavy (non-hydrogen) atoms. The van der Waals surface area contributed by atoms with Crippen molar-refractivity contribution in [3.8, 4) is 22.9 Å². The first-order valence-corrected chi connectivity index (χ1v) is 12.3. The van der Waals surface area contributed by atoms with Gasteiger partial charge in [-0.05, 0) is 68.3 Å². The minimum absolute atomic E-state index is 0.0132. The summed E-state index contributed by atoms with van der Waals surface area (Å²) in [5, 5.41) is -0.409. The second kappa shape index (κ2) is 9.74. The molecule has 2 aromatic heterocycles. The first-order valence-electron chi connectivity index (χ1n) is 10.9. The van der Waals surface area contributed by atoms with Crippen molar-refractivity contribution in [1.29, 1.82) is 0 Å². The molecule has 0 saturated heterocycles. The van der Waals surface area contributed by atoms with Gasteiger partial charge in [0.2, 0.25) is 5.88 Å². The second-order valence-corrected chi connectivity index (χ2v) is 9.85. The molecule has 0 fully saturated rings. The number of sulfonamides is 1. The van der Waals surface area contributed by atoms with Crippen LogP contribution in [0.1, 0.15) is 27.0 Å². The van der Waals surface area contributed by atoms with Gasteiger partial charge in [0.25, 0.3) is 15.9 Å². The Morgan fingerprint density at radius 1 is 0.944 bits per heavy atom. The molecule has 0 radical (unpaired) electrons. The molecule has 0 unspecified atom stereocenters. The highest BCUT2D eigenvalue weighted by atomic mass is 32.2. The van der Waals surface area contributed by atoms with Crippen molar-refractivity contribution in [2.75, 3.05) is 5.73 Å². The Bertz CT molecular complexity index is 1570. The van der Waals surface area contributed by atoms with E-state index in [1.165, 1.54) is 48.5 Å². The zero-order chi connectivity index (χ0) is 26.0. The molecular weight excluding hydrogens is 483 g/mol. The van der Waals surface area contributed by atoms with Crippen LogP contribution in [0.4, 0.5) is 10.2 Å². The fourth-order valence-electron chi connectivity index (χ4n) is 3.73. The molecule has 184 valence electrons. The average molecular weight is 507 g/mol. The molecule has 8 nitrogen and oxygen atoms in total. The van der Waals surface area contributed by atoms with Crippen molar-refractivity contribution in [1.82, 2.24) is 14.7 Å². The van der Waals surface area contributed by atoms with Gasteiger partial charge in [0.15, 0.2) is 5.03 Å². The zero-order valence-electron chi connectivity index (χ0n) is 19.7. The first-order chi connectivity index (χ1) is 17.0. The number of nitrogens with zero attached hydrogens (tertiary/aromatic N) is 2. The number of aryl methyl sites for hydroxylation is 3. The fraction of sp³-hybridized carbons (Fsp3) is 0.115. The van der Waals surface area contributed by atoms with Gasteiger partial charge in [0.1, 0.15) is 22.9 Å². The average Bonchev–Trinajstić information content (AvgIpc) is 2.81. The second-order valence-electron chi connectivity index (χ2n) is 8.22. The summed E-state index contributed by atoms with van der Waals surface area (Å²) in [6.07, 6.45) is 0. The van der Waals surface area contributed by atoms with E-state index < -0.39 is 26.8 Å². The highest BCUT2D eigenvalue weighted by molar-refractivity contribution is 7.90. The molecule has 2 heterocycles. The zero-order valence-corrected chi connectivity index (χ0v) is 20.6. The van der Waals surface area contributed by atoms with Crippen LogP contribution >= 0.6 is 0 Å². The highest BCUT2D eigenvalue weighted by Crippen LogP contribution is 2.32. The summed E-state index contributed by atoms with van der Waals surface area (Å²) in [5.41, 5.74) is 8.87. The number of halogens is 1. The maximum atomic E-state index is 13.8. The van der Waals surface area contributed by atoms with Crippen molar-refractivity contribution in [2.24, 2.45) is 0 Å². The van der Waals surface area contributed by atoms with E-state index >= 15 is 0 Å². The molecule has 4 rings (SSSR count). The number of benzene rings is 2. The van der Waals surface area contributed by atoms with Crippen LogP contribution < -0.4 is 15.2 Å². The molecule has 10 heteroatoms. The monoisotopic (exact) mass is 506 g/mol. The minimum Gasteiger partial charge on any atom is -0.438 e. The van der Waals surface area contributed by atoms with Gasteiger partial charge in [0, 0.05) is 5.56 Å². The number of ether oxygens (including phenoxy) is 1. The molecule has 0 aliphatic carbocycles. The number of pyridine rings is 2. The van der Waals surface area contributed by atoms with Crippen LogP contribution in [0.3, 0.4) is 0 Å². The molecule has 0 saturated carbocycles. The molecular formula is C26H23FN4O4S. The number of carbonyl (C=O) groups excluding carboxylic acids is 1. The number of carbonyl (C=O) groups is 1. The number of nitrogens with two attached hydrogens (primary N) is 1. The molecule has 0 spiro atoms. The number of hydrogen-bond donors (Lipinski definition) is 2. The Balaban J connectivity index is 1.78.